The molecule has 6 nitrogen and oxygen atoms in total. The van der Waals surface area contributed by atoms with Gasteiger partial charge < -0.3 is 14.8 Å². The number of carbonyl (C=O) groups is 2. The Morgan fingerprint density at radius 3 is 2.83 bits per heavy atom. The van der Waals surface area contributed by atoms with Crippen LogP contribution in [-0.2, 0) is 14.3 Å². The zero-order chi connectivity index (χ0) is 25.2. The van der Waals surface area contributed by atoms with Gasteiger partial charge in [-0.1, -0.05) is 24.3 Å². The van der Waals surface area contributed by atoms with Gasteiger partial charge in [0.15, 0.2) is 0 Å². The highest BCUT2D eigenvalue weighted by atomic mass is 19.1. The fraction of sp³-hybridized carbons (Fsp3) is 0.483. The van der Waals surface area contributed by atoms with Gasteiger partial charge in [-0.25, -0.2) is 9.18 Å². The first-order chi connectivity index (χ1) is 17.4. The molecule has 190 valence electrons. The van der Waals surface area contributed by atoms with Crippen LogP contribution in [0.15, 0.2) is 48.7 Å². The van der Waals surface area contributed by atoms with Crippen LogP contribution in [0.3, 0.4) is 0 Å². The Kier molecular flexibility index (Phi) is 7.08. The van der Waals surface area contributed by atoms with Crippen LogP contribution in [-0.4, -0.2) is 35.8 Å². The number of amides is 1. The standard InChI is InChI=1S/C29H33FN2O4/c1-3-35-29(34)32-23-10-11-24-20(14-23)15-26-27(17(2)36-28(26)33)25(24)12-9-22-8-7-19(16-31-22)18-5-4-6-21(30)13-18/h4-9,12-13,16-17,20,23-27H,3,10-11,14-15H2,1-2H3,(H,32,34)/t17-,20-,23-,24-,25-,26+,27-/m0/s1. The topological polar surface area (TPSA) is 77.5 Å². The van der Waals surface area contributed by atoms with E-state index in [9.17, 15) is 14.0 Å². The molecule has 36 heavy (non-hydrogen) atoms. The molecule has 7 heteroatoms. The Balaban J connectivity index is 1.34. The summed E-state index contributed by atoms with van der Waals surface area (Å²) in [7, 11) is 0. The maximum atomic E-state index is 13.6. The van der Waals surface area contributed by atoms with E-state index in [1.807, 2.05) is 31.2 Å². The smallest absolute Gasteiger partial charge is 0.407 e. The molecule has 1 N–H and O–H groups in total. The van der Waals surface area contributed by atoms with E-state index in [4.69, 9.17) is 9.47 Å². The summed E-state index contributed by atoms with van der Waals surface area (Å²) in [6.45, 7) is 4.15. The zero-order valence-electron chi connectivity index (χ0n) is 20.7. The molecule has 2 aliphatic carbocycles. The van der Waals surface area contributed by atoms with Gasteiger partial charge >= 0.3 is 12.1 Å². The van der Waals surface area contributed by atoms with Crippen LogP contribution < -0.4 is 5.32 Å². The van der Waals surface area contributed by atoms with Crippen molar-refractivity contribution in [1.29, 1.82) is 0 Å². The summed E-state index contributed by atoms with van der Waals surface area (Å²) in [5, 5.41) is 3.00. The Hall–Kier alpha value is -3.22. The molecule has 1 saturated heterocycles. The molecule has 5 rings (SSSR count). The summed E-state index contributed by atoms with van der Waals surface area (Å²) in [5.41, 5.74) is 2.48. The fourth-order valence-electron chi connectivity index (χ4n) is 6.64. The third kappa shape index (κ3) is 5.01. The number of nitrogens with one attached hydrogen (secondary N) is 1. The molecule has 2 saturated carbocycles. The number of halogens is 1. The second-order valence-corrected chi connectivity index (χ2v) is 10.3. The first kappa shape index (κ1) is 24.5. The number of esters is 1. The molecule has 2 heterocycles. The first-order valence-electron chi connectivity index (χ1n) is 13.0. The highest BCUT2D eigenvalue weighted by Crippen LogP contribution is 2.53. The summed E-state index contributed by atoms with van der Waals surface area (Å²) in [5.74, 6) is 0.629. The lowest BCUT2D eigenvalue weighted by Crippen LogP contribution is -2.48. The van der Waals surface area contributed by atoms with Crippen LogP contribution >= 0.6 is 0 Å². The monoisotopic (exact) mass is 492 g/mol. The first-order valence-corrected chi connectivity index (χ1v) is 13.0. The number of fused-ring (bicyclic) bond motifs is 2. The molecule has 1 aromatic heterocycles. The predicted molar refractivity (Wildman–Crippen MR) is 134 cm³/mol. The number of hydrogen-bond donors (Lipinski definition) is 1. The maximum absolute atomic E-state index is 13.6. The van der Waals surface area contributed by atoms with Crippen molar-refractivity contribution < 1.29 is 23.5 Å². The van der Waals surface area contributed by atoms with E-state index in [0.717, 1.165) is 42.5 Å². The van der Waals surface area contributed by atoms with Crippen molar-refractivity contribution in [2.75, 3.05) is 6.61 Å². The Morgan fingerprint density at radius 1 is 1.22 bits per heavy atom. The number of carbonyl (C=O) groups excluding carboxylic acids is 2. The van der Waals surface area contributed by atoms with Crippen molar-refractivity contribution in [3.8, 4) is 11.1 Å². The minimum Gasteiger partial charge on any atom is -0.462 e. The SMILES string of the molecule is CCOC(=O)N[C@H]1CC[C@H]2[C@@H](C1)C[C@H]1C(=O)O[C@@H](C)[C@H]1[C@H]2C=Cc1ccc(-c2cccc(F)c2)cn1. The number of pyridine rings is 1. The van der Waals surface area contributed by atoms with Crippen molar-refractivity contribution in [1.82, 2.24) is 10.3 Å². The normalized spacial score (nSPS) is 31.4. The van der Waals surface area contributed by atoms with Crippen LogP contribution in [0.25, 0.3) is 17.2 Å². The van der Waals surface area contributed by atoms with Crippen molar-refractivity contribution in [2.45, 2.75) is 51.7 Å². The van der Waals surface area contributed by atoms with Gasteiger partial charge in [-0.2, -0.15) is 0 Å². The molecule has 0 spiro atoms. The van der Waals surface area contributed by atoms with E-state index >= 15 is 0 Å². The molecule has 3 aliphatic rings. The van der Waals surface area contributed by atoms with Gasteiger partial charge in [0, 0.05) is 23.7 Å². The Morgan fingerprint density at radius 2 is 2.08 bits per heavy atom. The molecule has 2 aromatic rings. The number of rotatable bonds is 5. The number of cyclic esters (lactones) is 1. The van der Waals surface area contributed by atoms with Gasteiger partial charge in [-0.05, 0) is 87.1 Å². The quantitative estimate of drug-likeness (QED) is 0.548. The van der Waals surface area contributed by atoms with Crippen LogP contribution in [0.4, 0.5) is 9.18 Å². The Labute approximate surface area is 211 Å². The zero-order valence-corrected chi connectivity index (χ0v) is 20.7. The molecule has 0 bridgehead atoms. The fourth-order valence-corrected chi connectivity index (χ4v) is 6.64. The minimum atomic E-state index is -0.368. The lowest BCUT2D eigenvalue weighted by molar-refractivity contribution is -0.144. The highest BCUT2D eigenvalue weighted by Gasteiger charge is 2.54. The summed E-state index contributed by atoms with van der Waals surface area (Å²) < 4.78 is 24.3. The number of allylic oxidation sites excluding steroid dienone is 1. The van der Waals surface area contributed by atoms with Gasteiger partial charge in [0.05, 0.1) is 18.2 Å². The highest BCUT2D eigenvalue weighted by molar-refractivity contribution is 5.75. The number of aromatic nitrogens is 1. The van der Waals surface area contributed by atoms with Crippen LogP contribution in [0, 0.1) is 35.4 Å². The molecule has 1 aromatic carbocycles. The van der Waals surface area contributed by atoms with Gasteiger partial charge in [0.2, 0.25) is 0 Å². The van der Waals surface area contributed by atoms with E-state index in [1.165, 1.54) is 12.1 Å². The summed E-state index contributed by atoms with van der Waals surface area (Å²) in [6.07, 6.45) is 9.07. The average molecular weight is 493 g/mol. The van der Waals surface area contributed by atoms with Crippen molar-refractivity contribution >= 4 is 18.1 Å². The van der Waals surface area contributed by atoms with Crippen LogP contribution in [0.5, 0.6) is 0 Å². The summed E-state index contributed by atoms with van der Waals surface area (Å²) in [6, 6.07) is 10.4. The van der Waals surface area contributed by atoms with Crippen molar-refractivity contribution in [2.24, 2.45) is 29.6 Å². The van der Waals surface area contributed by atoms with E-state index in [2.05, 4.69) is 16.4 Å². The van der Waals surface area contributed by atoms with Crippen molar-refractivity contribution in [3.63, 3.8) is 0 Å². The number of nitrogens with zero attached hydrogens (tertiary/aromatic N) is 1. The van der Waals surface area contributed by atoms with E-state index in [0.29, 0.717) is 18.4 Å². The molecule has 0 unspecified atom stereocenters. The second kappa shape index (κ2) is 10.4. The lowest BCUT2D eigenvalue weighted by Gasteiger charge is -2.47. The summed E-state index contributed by atoms with van der Waals surface area (Å²) >= 11 is 0. The summed E-state index contributed by atoms with van der Waals surface area (Å²) in [4.78, 5) is 29.2. The molecule has 7 atom stereocenters. The molecule has 1 aliphatic heterocycles. The number of ether oxygens (including phenoxy) is 2. The molecular weight excluding hydrogens is 459 g/mol. The van der Waals surface area contributed by atoms with Crippen molar-refractivity contribution in [3.05, 3.63) is 60.2 Å². The molecule has 3 fully saturated rings. The maximum Gasteiger partial charge on any atom is 0.407 e. The third-order valence-corrected chi connectivity index (χ3v) is 8.18. The van der Waals surface area contributed by atoms with E-state index < -0.39 is 0 Å². The number of hydrogen-bond acceptors (Lipinski definition) is 5. The van der Waals surface area contributed by atoms with E-state index in [1.54, 1.807) is 19.2 Å². The number of alkyl carbamates (subject to hydrolysis) is 1. The molecule has 1 amide bonds. The molecule has 0 radical (unpaired) electrons. The predicted octanol–water partition coefficient (Wildman–Crippen LogP) is 5.63. The number of benzene rings is 1. The minimum absolute atomic E-state index is 0.0679. The van der Waals surface area contributed by atoms with Crippen LogP contribution in [0.2, 0.25) is 0 Å². The average Bonchev–Trinajstić information content (AvgIpc) is 3.15. The van der Waals surface area contributed by atoms with Gasteiger partial charge in [-0.15, -0.1) is 0 Å². The van der Waals surface area contributed by atoms with Crippen LogP contribution in [0.1, 0.15) is 45.2 Å². The van der Waals surface area contributed by atoms with E-state index in [-0.39, 0.29) is 47.8 Å². The second-order valence-electron chi connectivity index (χ2n) is 10.3. The third-order valence-electron chi connectivity index (χ3n) is 8.18. The lowest BCUT2D eigenvalue weighted by atomic mass is 9.57. The molecular formula is C29H33FN2O4. The van der Waals surface area contributed by atoms with Gasteiger partial charge in [0.1, 0.15) is 11.9 Å². The Bertz CT molecular complexity index is 1130. The van der Waals surface area contributed by atoms with Gasteiger partial charge in [0.25, 0.3) is 0 Å². The largest absolute Gasteiger partial charge is 0.462 e. The van der Waals surface area contributed by atoms with Gasteiger partial charge in [-0.3, -0.25) is 9.78 Å².